The molecule has 0 aliphatic carbocycles. The quantitative estimate of drug-likeness (QED) is 0.211. The summed E-state index contributed by atoms with van der Waals surface area (Å²) in [6, 6.07) is 0. The van der Waals surface area contributed by atoms with Gasteiger partial charge in [-0.1, -0.05) is 90.4 Å². The van der Waals surface area contributed by atoms with Gasteiger partial charge in [-0.2, -0.15) is 6.42 Å². The van der Waals surface area contributed by atoms with Crippen LogP contribution in [0.4, 0.5) is 0 Å². The van der Waals surface area contributed by atoms with Crippen molar-refractivity contribution in [2.45, 2.75) is 96.8 Å². The van der Waals surface area contributed by atoms with E-state index in [1.807, 2.05) is 0 Å². The van der Waals surface area contributed by atoms with Gasteiger partial charge in [-0.25, -0.2) is 0 Å². The Morgan fingerprint density at radius 3 is 1.12 bits per heavy atom. The van der Waals surface area contributed by atoms with E-state index in [1.54, 1.807) is 0 Å². The Bertz CT molecular complexity index is 98.1. The summed E-state index contributed by atoms with van der Waals surface area (Å²) in [7, 11) is 0. The Labute approximate surface area is 121 Å². The molecular formula is C16H33Mn-. The molecule has 1 heteroatoms. The van der Waals surface area contributed by atoms with Crippen molar-refractivity contribution < 1.29 is 17.1 Å². The summed E-state index contributed by atoms with van der Waals surface area (Å²) in [6.45, 7) is 6.16. The molecule has 0 bridgehead atoms. The molecule has 0 saturated heterocycles. The van der Waals surface area contributed by atoms with Crippen LogP contribution in [0.3, 0.4) is 0 Å². The van der Waals surface area contributed by atoms with E-state index in [9.17, 15) is 0 Å². The fourth-order valence-electron chi connectivity index (χ4n) is 2.19. The largest absolute Gasteiger partial charge is 0.343 e. The number of unbranched alkanes of at least 4 members (excludes halogenated alkanes) is 13. The van der Waals surface area contributed by atoms with Gasteiger partial charge in [0.2, 0.25) is 0 Å². The molecular weight excluding hydrogens is 247 g/mol. The van der Waals surface area contributed by atoms with Gasteiger partial charge in [0.05, 0.1) is 0 Å². The standard InChI is InChI=1S/C16H33.Mn/c1-3-5-7-9-11-13-15-16-14-12-10-8-6-4-2;/h1,3-16H2,2H3;/q-1;. The molecule has 0 unspecified atom stereocenters. The van der Waals surface area contributed by atoms with Gasteiger partial charge in [0, 0.05) is 17.1 Å². The average Bonchev–Trinajstić information content (AvgIpc) is 2.31. The summed E-state index contributed by atoms with van der Waals surface area (Å²) in [5.74, 6) is 0. The second-order valence-electron chi connectivity index (χ2n) is 5.10. The zero-order valence-corrected chi connectivity index (χ0v) is 13.2. The van der Waals surface area contributed by atoms with Crippen LogP contribution in [0.5, 0.6) is 0 Å². The van der Waals surface area contributed by atoms with Gasteiger partial charge in [-0.05, 0) is 0 Å². The number of hydrogen-bond donors (Lipinski definition) is 0. The molecule has 0 atom stereocenters. The second kappa shape index (κ2) is 18.9. The van der Waals surface area contributed by atoms with E-state index in [0.717, 1.165) is 6.42 Å². The molecule has 0 spiro atoms. The molecule has 0 aliphatic heterocycles. The van der Waals surface area contributed by atoms with Crippen LogP contribution in [0.15, 0.2) is 0 Å². The number of rotatable bonds is 13. The van der Waals surface area contributed by atoms with Gasteiger partial charge in [0.25, 0.3) is 0 Å². The average molecular weight is 280 g/mol. The van der Waals surface area contributed by atoms with Crippen LogP contribution in [-0.2, 0) is 17.1 Å². The summed E-state index contributed by atoms with van der Waals surface area (Å²) in [5.41, 5.74) is 0. The van der Waals surface area contributed by atoms with Gasteiger partial charge in [0.15, 0.2) is 0 Å². The van der Waals surface area contributed by atoms with E-state index in [4.69, 9.17) is 0 Å². The Morgan fingerprint density at radius 1 is 0.529 bits per heavy atom. The van der Waals surface area contributed by atoms with E-state index in [0.29, 0.717) is 0 Å². The molecule has 0 saturated carbocycles. The summed E-state index contributed by atoms with van der Waals surface area (Å²) in [5, 5.41) is 0. The molecule has 0 fully saturated rings. The van der Waals surface area contributed by atoms with E-state index >= 15 is 0 Å². The molecule has 0 aromatic rings. The summed E-state index contributed by atoms with van der Waals surface area (Å²) in [6.07, 6.45) is 19.8. The third-order valence-corrected chi connectivity index (χ3v) is 3.35. The number of hydrogen-bond acceptors (Lipinski definition) is 0. The van der Waals surface area contributed by atoms with Gasteiger partial charge >= 0.3 is 0 Å². The molecule has 0 aliphatic rings. The van der Waals surface area contributed by atoms with Crippen LogP contribution in [0.1, 0.15) is 96.8 Å². The van der Waals surface area contributed by atoms with E-state index in [1.165, 1.54) is 83.5 Å². The minimum Gasteiger partial charge on any atom is -0.343 e. The maximum atomic E-state index is 3.87. The normalized spacial score (nSPS) is 10.2. The predicted octanol–water partition coefficient (Wildman–Crippen LogP) is 6.30. The minimum absolute atomic E-state index is 0. The molecule has 105 valence electrons. The van der Waals surface area contributed by atoms with Crippen molar-refractivity contribution in [1.29, 1.82) is 0 Å². The molecule has 0 nitrogen and oxygen atoms in total. The van der Waals surface area contributed by atoms with Crippen molar-refractivity contribution in [2.75, 3.05) is 0 Å². The maximum absolute atomic E-state index is 3.87. The predicted molar refractivity (Wildman–Crippen MR) is 75.7 cm³/mol. The van der Waals surface area contributed by atoms with Crippen molar-refractivity contribution in [3.8, 4) is 0 Å². The minimum atomic E-state index is 0. The molecule has 0 aromatic carbocycles. The van der Waals surface area contributed by atoms with Crippen molar-refractivity contribution in [2.24, 2.45) is 0 Å². The van der Waals surface area contributed by atoms with Gasteiger partial charge in [-0.3, -0.25) is 0 Å². The Morgan fingerprint density at radius 2 is 0.824 bits per heavy atom. The Hall–Kier alpha value is 0.519. The molecule has 0 amide bonds. The SMILES string of the molecule is [CH2-]CCCCCCCCCCCCCCC.[Mn]. The first kappa shape index (κ1) is 19.8. The van der Waals surface area contributed by atoms with Crippen molar-refractivity contribution in [1.82, 2.24) is 0 Å². The fraction of sp³-hybridized carbons (Fsp3) is 0.938. The molecule has 1 radical (unpaired) electrons. The van der Waals surface area contributed by atoms with Gasteiger partial charge in [0.1, 0.15) is 0 Å². The van der Waals surface area contributed by atoms with E-state index in [-0.39, 0.29) is 17.1 Å². The molecule has 17 heavy (non-hydrogen) atoms. The van der Waals surface area contributed by atoms with Crippen LogP contribution in [0, 0.1) is 6.92 Å². The first-order chi connectivity index (χ1) is 7.91. The molecule has 0 rings (SSSR count). The maximum Gasteiger partial charge on any atom is 0 e. The van der Waals surface area contributed by atoms with Gasteiger partial charge < -0.3 is 6.92 Å². The van der Waals surface area contributed by atoms with Crippen molar-refractivity contribution in [3.63, 3.8) is 0 Å². The molecule has 0 N–H and O–H groups in total. The fourth-order valence-corrected chi connectivity index (χ4v) is 2.19. The summed E-state index contributed by atoms with van der Waals surface area (Å²) < 4.78 is 0. The molecule has 0 heterocycles. The smallest absolute Gasteiger partial charge is 0 e. The van der Waals surface area contributed by atoms with Crippen LogP contribution in [-0.4, -0.2) is 0 Å². The Balaban J connectivity index is 0. The summed E-state index contributed by atoms with van der Waals surface area (Å²) in [4.78, 5) is 0. The zero-order chi connectivity index (χ0) is 11.9. The van der Waals surface area contributed by atoms with Crippen molar-refractivity contribution in [3.05, 3.63) is 6.92 Å². The molecule has 0 aromatic heterocycles. The first-order valence-electron chi connectivity index (χ1n) is 7.71. The van der Waals surface area contributed by atoms with Crippen LogP contribution >= 0.6 is 0 Å². The topological polar surface area (TPSA) is 0 Å². The second-order valence-corrected chi connectivity index (χ2v) is 5.10. The monoisotopic (exact) mass is 280 g/mol. The van der Waals surface area contributed by atoms with Crippen molar-refractivity contribution >= 4 is 0 Å². The van der Waals surface area contributed by atoms with Gasteiger partial charge in [-0.15, -0.1) is 0 Å². The first-order valence-corrected chi connectivity index (χ1v) is 7.71. The zero-order valence-electron chi connectivity index (χ0n) is 12.0. The summed E-state index contributed by atoms with van der Waals surface area (Å²) >= 11 is 0. The van der Waals surface area contributed by atoms with E-state index < -0.39 is 0 Å². The third-order valence-electron chi connectivity index (χ3n) is 3.35. The Kier molecular flexibility index (Phi) is 22.0. The van der Waals surface area contributed by atoms with Crippen LogP contribution in [0.2, 0.25) is 0 Å². The third kappa shape index (κ3) is 19.1. The van der Waals surface area contributed by atoms with E-state index in [2.05, 4.69) is 13.8 Å². The van der Waals surface area contributed by atoms with Crippen LogP contribution in [0.25, 0.3) is 0 Å². The van der Waals surface area contributed by atoms with Crippen LogP contribution < -0.4 is 0 Å².